The molecule has 0 atom stereocenters. The molecule has 0 spiro atoms. The number of nitrogens with one attached hydrogen (secondary N) is 1. The van der Waals surface area contributed by atoms with E-state index in [4.69, 9.17) is 16.0 Å². The van der Waals surface area contributed by atoms with Crippen LogP contribution >= 0.6 is 23.4 Å². The lowest BCUT2D eigenvalue weighted by Crippen LogP contribution is -2.37. The Morgan fingerprint density at radius 1 is 1.12 bits per heavy atom. The molecule has 1 amide bonds. The third-order valence-electron chi connectivity index (χ3n) is 4.75. The topological polar surface area (TPSA) is 112 Å². The average molecular weight is 472 g/mol. The number of hydrogen-bond acceptors (Lipinski definition) is 7. The molecular formula is C21H18ClN5O4S. The number of nitrogens with zero attached hydrogens (tertiary/aromatic N) is 4. The van der Waals surface area contributed by atoms with Crippen LogP contribution in [0, 0.1) is 0 Å². The minimum absolute atomic E-state index is 0.0128. The number of benzene rings is 1. The van der Waals surface area contributed by atoms with Crippen molar-refractivity contribution in [3.63, 3.8) is 0 Å². The molecule has 0 saturated heterocycles. The van der Waals surface area contributed by atoms with E-state index in [-0.39, 0.29) is 29.2 Å². The molecule has 0 radical (unpaired) electrons. The van der Waals surface area contributed by atoms with Crippen molar-refractivity contribution in [2.75, 3.05) is 5.75 Å². The molecule has 11 heteroatoms. The number of furan rings is 1. The Labute approximate surface area is 191 Å². The number of aromatic nitrogens is 4. The monoisotopic (exact) mass is 471 g/mol. The van der Waals surface area contributed by atoms with Gasteiger partial charge in [0.15, 0.2) is 11.5 Å². The van der Waals surface area contributed by atoms with Crippen LogP contribution in [-0.2, 0) is 25.4 Å². The molecule has 0 aliphatic carbocycles. The smallest absolute Gasteiger partial charge is 0.332 e. The number of carbonyl (C=O) groups is 1. The molecule has 3 heterocycles. The standard InChI is InChI=1S/C21H18ClN5O4S/c1-26-18-16(20(29)27(2)21(26)30)19(25-17(24-18)12-5-7-13(22)8-6-12)32-11-15(28)23-10-14-4-3-9-31-14/h3-9H,10-11H2,1-2H3,(H,23,28). The Hall–Kier alpha value is -3.37. The van der Waals surface area contributed by atoms with E-state index in [2.05, 4.69) is 15.3 Å². The summed E-state index contributed by atoms with van der Waals surface area (Å²) in [5.41, 5.74) is -0.176. The first-order valence-electron chi connectivity index (χ1n) is 9.50. The molecule has 0 unspecified atom stereocenters. The highest BCUT2D eigenvalue weighted by molar-refractivity contribution is 8.00. The van der Waals surface area contributed by atoms with Crippen LogP contribution in [0.4, 0.5) is 0 Å². The number of carbonyl (C=O) groups excluding carboxylic acids is 1. The van der Waals surface area contributed by atoms with Gasteiger partial charge < -0.3 is 9.73 Å². The first kappa shape index (κ1) is 21.8. The molecule has 9 nitrogen and oxygen atoms in total. The quantitative estimate of drug-likeness (QED) is 0.339. The van der Waals surface area contributed by atoms with Gasteiger partial charge in [0.1, 0.15) is 16.2 Å². The normalized spacial score (nSPS) is 11.1. The molecule has 4 rings (SSSR count). The number of hydrogen-bond donors (Lipinski definition) is 1. The van der Waals surface area contributed by atoms with Crippen LogP contribution in [0.15, 0.2) is 61.7 Å². The summed E-state index contributed by atoms with van der Waals surface area (Å²) in [5, 5.41) is 3.79. The number of halogens is 1. The fourth-order valence-corrected chi connectivity index (χ4v) is 4.02. The second-order valence-corrected chi connectivity index (χ2v) is 8.31. The van der Waals surface area contributed by atoms with Crippen molar-refractivity contribution < 1.29 is 9.21 Å². The summed E-state index contributed by atoms with van der Waals surface area (Å²) < 4.78 is 7.49. The lowest BCUT2D eigenvalue weighted by atomic mass is 10.2. The second-order valence-electron chi connectivity index (χ2n) is 6.91. The van der Waals surface area contributed by atoms with Gasteiger partial charge in [0.05, 0.1) is 18.6 Å². The number of fused-ring (bicyclic) bond motifs is 1. The minimum Gasteiger partial charge on any atom is -0.467 e. The summed E-state index contributed by atoms with van der Waals surface area (Å²) in [6.07, 6.45) is 1.53. The molecule has 164 valence electrons. The predicted molar refractivity (Wildman–Crippen MR) is 122 cm³/mol. The van der Waals surface area contributed by atoms with Gasteiger partial charge in [-0.05, 0) is 36.4 Å². The molecule has 32 heavy (non-hydrogen) atoms. The molecule has 1 N–H and O–H groups in total. The fourth-order valence-electron chi connectivity index (χ4n) is 3.05. The molecule has 3 aromatic heterocycles. The second kappa shape index (κ2) is 9.01. The summed E-state index contributed by atoms with van der Waals surface area (Å²) in [6.45, 7) is 0.253. The summed E-state index contributed by atoms with van der Waals surface area (Å²) in [5.74, 6) is 0.701. The molecule has 0 aliphatic rings. The Kier molecular flexibility index (Phi) is 6.15. The minimum atomic E-state index is -0.524. The van der Waals surface area contributed by atoms with Crippen molar-refractivity contribution in [1.29, 1.82) is 0 Å². The third-order valence-corrected chi connectivity index (χ3v) is 5.98. The van der Waals surface area contributed by atoms with Gasteiger partial charge in [-0.15, -0.1) is 0 Å². The highest BCUT2D eigenvalue weighted by atomic mass is 35.5. The zero-order valence-corrected chi connectivity index (χ0v) is 18.7. The van der Waals surface area contributed by atoms with E-state index in [1.165, 1.54) is 24.9 Å². The van der Waals surface area contributed by atoms with E-state index in [1.807, 2.05) is 0 Å². The number of aryl methyl sites for hydroxylation is 1. The van der Waals surface area contributed by atoms with Crippen molar-refractivity contribution in [3.8, 4) is 11.4 Å². The first-order chi connectivity index (χ1) is 15.3. The molecule has 0 bridgehead atoms. The number of amides is 1. The van der Waals surface area contributed by atoms with Gasteiger partial charge in [0, 0.05) is 24.7 Å². The van der Waals surface area contributed by atoms with Crippen LogP contribution in [0.1, 0.15) is 5.76 Å². The van der Waals surface area contributed by atoms with Gasteiger partial charge in [-0.2, -0.15) is 0 Å². The Morgan fingerprint density at radius 3 is 2.56 bits per heavy atom. The van der Waals surface area contributed by atoms with E-state index < -0.39 is 11.2 Å². The van der Waals surface area contributed by atoms with Gasteiger partial charge in [-0.1, -0.05) is 23.4 Å². The molecule has 0 saturated carbocycles. The van der Waals surface area contributed by atoms with Crippen LogP contribution in [0.5, 0.6) is 0 Å². The summed E-state index contributed by atoms with van der Waals surface area (Å²) in [4.78, 5) is 46.6. The first-order valence-corrected chi connectivity index (χ1v) is 10.9. The maximum absolute atomic E-state index is 12.9. The van der Waals surface area contributed by atoms with Crippen molar-refractivity contribution >= 4 is 40.3 Å². The largest absolute Gasteiger partial charge is 0.467 e. The lowest BCUT2D eigenvalue weighted by molar-refractivity contribution is -0.118. The van der Waals surface area contributed by atoms with E-state index in [1.54, 1.807) is 36.4 Å². The summed E-state index contributed by atoms with van der Waals surface area (Å²) >= 11 is 7.07. The van der Waals surface area contributed by atoms with E-state index in [0.717, 1.165) is 16.3 Å². The molecule has 0 aliphatic heterocycles. The van der Waals surface area contributed by atoms with Gasteiger partial charge in [-0.25, -0.2) is 14.8 Å². The van der Waals surface area contributed by atoms with Crippen molar-refractivity contribution in [2.45, 2.75) is 11.6 Å². The SMILES string of the molecule is Cn1c(=O)c2c(SCC(=O)NCc3ccco3)nc(-c3ccc(Cl)cc3)nc2n(C)c1=O. The van der Waals surface area contributed by atoms with Gasteiger partial charge in [0.25, 0.3) is 5.56 Å². The van der Waals surface area contributed by atoms with Crippen LogP contribution in [0.25, 0.3) is 22.4 Å². The number of rotatable bonds is 6. The molecule has 1 aromatic carbocycles. The van der Waals surface area contributed by atoms with Crippen LogP contribution < -0.4 is 16.6 Å². The zero-order chi connectivity index (χ0) is 22.8. The summed E-state index contributed by atoms with van der Waals surface area (Å²) in [7, 11) is 2.93. The van der Waals surface area contributed by atoms with Crippen LogP contribution in [0.2, 0.25) is 5.02 Å². The van der Waals surface area contributed by atoms with E-state index in [9.17, 15) is 14.4 Å². The van der Waals surface area contributed by atoms with Crippen LogP contribution in [-0.4, -0.2) is 30.8 Å². The van der Waals surface area contributed by atoms with Gasteiger partial charge in [-0.3, -0.25) is 18.7 Å². The Balaban J connectivity index is 1.73. The maximum Gasteiger partial charge on any atom is 0.332 e. The lowest BCUT2D eigenvalue weighted by Gasteiger charge is -2.12. The Bertz CT molecular complexity index is 1410. The van der Waals surface area contributed by atoms with E-state index in [0.29, 0.717) is 27.2 Å². The molecule has 4 aromatic rings. The maximum atomic E-state index is 12.9. The highest BCUT2D eigenvalue weighted by Crippen LogP contribution is 2.26. The predicted octanol–water partition coefficient (Wildman–Crippen LogP) is 2.35. The molecular weight excluding hydrogens is 454 g/mol. The van der Waals surface area contributed by atoms with Crippen molar-refractivity contribution in [2.24, 2.45) is 14.1 Å². The van der Waals surface area contributed by atoms with Gasteiger partial charge >= 0.3 is 5.69 Å². The highest BCUT2D eigenvalue weighted by Gasteiger charge is 2.19. The van der Waals surface area contributed by atoms with Crippen LogP contribution in [0.3, 0.4) is 0 Å². The van der Waals surface area contributed by atoms with Crippen molar-refractivity contribution in [3.05, 3.63) is 74.3 Å². The Morgan fingerprint density at radius 2 is 1.88 bits per heavy atom. The average Bonchev–Trinajstić information content (AvgIpc) is 3.32. The summed E-state index contributed by atoms with van der Waals surface area (Å²) in [6, 6.07) is 10.4. The van der Waals surface area contributed by atoms with E-state index >= 15 is 0 Å². The fraction of sp³-hybridized carbons (Fsp3) is 0.190. The van der Waals surface area contributed by atoms with Crippen molar-refractivity contribution in [1.82, 2.24) is 24.4 Å². The molecule has 0 fully saturated rings. The third kappa shape index (κ3) is 4.32. The zero-order valence-electron chi connectivity index (χ0n) is 17.2. The van der Waals surface area contributed by atoms with Gasteiger partial charge in [0.2, 0.25) is 5.91 Å². The number of thioether (sulfide) groups is 1.